The van der Waals surface area contributed by atoms with Crippen LogP contribution in [0.25, 0.3) is 10.9 Å². The predicted octanol–water partition coefficient (Wildman–Crippen LogP) is 2.12. The molecule has 0 saturated heterocycles. The van der Waals surface area contributed by atoms with Crippen molar-refractivity contribution in [1.29, 1.82) is 0 Å². The highest BCUT2D eigenvalue weighted by Crippen LogP contribution is 2.35. The molecular weight excluding hydrogens is 394 g/mol. The number of aromatic nitrogens is 6. The van der Waals surface area contributed by atoms with E-state index >= 15 is 0 Å². The van der Waals surface area contributed by atoms with Crippen LogP contribution < -0.4 is 5.56 Å². The van der Waals surface area contributed by atoms with Crippen LogP contribution in [0.2, 0.25) is 0 Å². The number of halogens is 2. The van der Waals surface area contributed by atoms with Crippen LogP contribution in [0.4, 0.5) is 8.78 Å². The third kappa shape index (κ3) is 3.35. The first kappa shape index (κ1) is 19.8. The molecule has 0 saturated carbocycles. The molecule has 2 unspecified atom stereocenters. The molecule has 2 aromatic carbocycles. The molecule has 0 radical (unpaired) electrons. The first-order valence-electron chi connectivity index (χ1n) is 9.16. The summed E-state index contributed by atoms with van der Waals surface area (Å²) >= 11 is 0. The Morgan fingerprint density at radius 3 is 2.70 bits per heavy atom. The highest BCUT2D eigenvalue weighted by Gasteiger charge is 2.41. The van der Waals surface area contributed by atoms with Crippen molar-refractivity contribution in [3.8, 4) is 0 Å². The van der Waals surface area contributed by atoms with E-state index in [0.29, 0.717) is 17.0 Å². The summed E-state index contributed by atoms with van der Waals surface area (Å²) in [5.74, 6) is -1.74. The maximum Gasteiger partial charge on any atom is 0.277 e. The lowest BCUT2D eigenvalue weighted by molar-refractivity contribution is -0.0390. The minimum Gasteiger partial charge on any atom is -0.381 e. The fraction of sp³-hybridized carbons (Fsp3) is 0.250. The number of fused-ring (bicyclic) bond motifs is 1. The predicted molar refractivity (Wildman–Crippen MR) is 104 cm³/mol. The van der Waals surface area contributed by atoms with Gasteiger partial charge in [0, 0.05) is 11.6 Å². The molecule has 2 aromatic heterocycles. The topological polar surface area (TPSA) is 98.7 Å². The second kappa shape index (κ2) is 7.38. The Kier molecular flexibility index (Phi) is 4.86. The number of benzene rings is 2. The number of hydrogen-bond acceptors (Lipinski definition) is 6. The number of rotatable bonds is 5. The Balaban J connectivity index is 1.88. The average molecular weight is 412 g/mol. The molecule has 154 valence electrons. The van der Waals surface area contributed by atoms with Gasteiger partial charge in [-0.2, -0.15) is 5.10 Å². The van der Waals surface area contributed by atoms with Crippen LogP contribution in [0.5, 0.6) is 0 Å². The van der Waals surface area contributed by atoms with Crippen LogP contribution in [-0.4, -0.2) is 34.9 Å². The minimum atomic E-state index is -2.01. The summed E-state index contributed by atoms with van der Waals surface area (Å²) in [6, 6.07) is 6.89. The van der Waals surface area contributed by atoms with Crippen LogP contribution in [0.15, 0.2) is 53.8 Å². The molecule has 0 amide bonds. The van der Waals surface area contributed by atoms with Crippen molar-refractivity contribution in [3.05, 3.63) is 82.2 Å². The highest BCUT2D eigenvalue weighted by molar-refractivity contribution is 5.77. The van der Waals surface area contributed by atoms with E-state index in [1.807, 2.05) is 6.92 Å². The molecule has 2 heterocycles. The summed E-state index contributed by atoms with van der Waals surface area (Å²) in [4.78, 5) is 16.9. The molecule has 2 atom stereocenters. The Hall–Kier alpha value is -3.53. The summed E-state index contributed by atoms with van der Waals surface area (Å²) in [6.07, 6.45) is 2.60. The lowest BCUT2D eigenvalue weighted by atomic mass is 9.86. The van der Waals surface area contributed by atoms with Gasteiger partial charge in [-0.3, -0.25) is 4.79 Å². The summed E-state index contributed by atoms with van der Waals surface area (Å²) < 4.78 is 30.5. The molecule has 0 spiro atoms. The second-order valence-electron chi connectivity index (χ2n) is 7.18. The van der Waals surface area contributed by atoms with Gasteiger partial charge in [0.15, 0.2) is 0 Å². The average Bonchev–Trinajstić information content (AvgIpc) is 3.20. The van der Waals surface area contributed by atoms with E-state index in [9.17, 15) is 18.7 Å². The first-order chi connectivity index (χ1) is 14.3. The molecule has 0 bridgehead atoms. The molecule has 0 fully saturated rings. The van der Waals surface area contributed by atoms with Crippen molar-refractivity contribution in [1.82, 2.24) is 29.8 Å². The molecule has 0 aliphatic rings. The van der Waals surface area contributed by atoms with E-state index in [0.717, 1.165) is 22.4 Å². The van der Waals surface area contributed by atoms with Crippen LogP contribution in [0, 0.1) is 18.6 Å². The zero-order valence-electron chi connectivity index (χ0n) is 16.2. The van der Waals surface area contributed by atoms with Gasteiger partial charge < -0.3 is 5.11 Å². The van der Waals surface area contributed by atoms with Crippen LogP contribution in [-0.2, 0) is 12.1 Å². The monoisotopic (exact) mass is 412 g/mol. The van der Waals surface area contributed by atoms with Crippen molar-refractivity contribution in [2.24, 2.45) is 0 Å². The number of aliphatic hydroxyl groups is 1. The van der Waals surface area contributed by atoms with Gasteiger partial charge in [0.2, 0.25) is 0 Å². The zero-order chi connectivity index (χ0) is 21.5. The molecule has 4 rings (SSSR count). The maximum absolute atomic E-state index is 14.7. The molecule has 4 aromatic rings. The van der Waals surface area contributed by atoms with Gasteiger partial charge in [-0.25, -0.2) is 23.1 Å². The van der Waals surface area contributed by atoms with Gasteiger partial charge in [0.1, 0.15) is 35.4 Å². The first-order valence-corrected chi connectivity index (χ1v) is 9.16. The van der Waals surface area contributed by atoms with E-state index in [1.165, 1.54) is 24.3 Å². The quantitative estimate of drug-likeness (QED) is 0.539. The van der Waals surface area contributed by atoms with Gasteiger partial charge in [0.05, 0.1) is 18.0 Å². The summed E-state index contributed by atoms with van der Waals surface area (Å²) in [6.45, 7) is 3.12. The van der Waals surface area contributed by atoms with Crippen LogP contribution in [0.1, 0.15) is 24.1 Å². The molecule has 8 nitrogen and oxygen atoms in total. The largest absolute Gasteiger partial charge is 0.381 e. The van der Waals surface area contributed by atoms with Crippen LogP contribution >= 0.6 is 0 Å². The Labute approximate surface area is 169 Å². The standard InChI is InChI=1S/C20H18F2N6O2/c1-12-3-5-15-18(7-12)25-26-28(19(15)29)13(2)20(30,9-27-11-23-10-24-27)16-6-4-14(21)8-17(16)22/h3-8,10-11,13,30H,9H2,1-2H3. The van der Waals surface area contributed by atoms with E-state index in [1.54, 1.807) is 18.2 Å². The Morgan fingerprint density at radius 1 is 1.20 bits per heavy atom. The molecule has 30 heavy (non-hydrogen) atoms. The lowest BCUT2D eigenvalue weighted by Gasteiger charge is -2.34. The van der Waals surface area contributed by atoms with Crippen molar-refractivity contribution in [3.63, 3.8) is 0 Å². The Morgan fingerprint density at radius 2 is 2.00 bits per heavy atom. The normalized spacial score (nSPS) is 14.6. The molecule has 0 aliphatic carbocycles. The molecular formula is C20H18F2N6O2. The van der Waals surface area contributed by atoms with Gasteiger partial charge in [0.25, 0.3) is 5.56 Å². The van der Waals surface area contributed by atoms with E-state index < -0.39 is 28.8 Å². The summed E-state index contributed by atoms with van der Waals surface area (Å²) in [7, 11) is 0. The van der Waals surface area contributed by atoms with Crippen molar-refractivity contribution >= 4 is 10.9 Å². The number of aryl methyl sites for hydroxylation is 1. The van der Waals surface area contributed by atoms with Gasteiger partial charge in [-0.1, -0.05) is 17.3 Å². The van der Waals surface area contributed by atoms with Crippen molar-refractivity contribution < 1.29 is 13.9 Å². The second-order valence-corrected chi connectivity index (χ2v) is 7.18. The van der Waals surface area contributed by atoms with E-state index in [-0.39, 0.29) is 12.1 Å². The third-order valence-electron chi connectivity index (χ3n) is 5.17. The van der Waals surface area contributed by atoms with Gasteiger partial charge in [-0.05, 0) is 37.6 Å². The fourth-order valence-corrected chi connectivity index (χ4v) is 3.47. The van der Waals surface area contributed by atoms with Crippen LogP contribution in [0.3, 0.4) is 0 Å². The number of hydrogen-bond donors (Lipinski definition) is 1. The van der Waals surface area contributed by atoms with E-state index in [2.05, 4.69) is 20.4 Å². The minimum absolute atomic E-state index is 0.204. The maximum atomic E-state index is 14.7. The van der Waals surface area contributed by atoms with Crippen molar-refractivity contribution in [2.75, 3.05) is 0 Å². The van der Waals surface area contributed by atoms with E-state index in [4.69, 9.17) is 0 Å². The fourth-order valence-electron chi connectivity index (χ4n) is 3.47. The smallest absolute Gasteiger partial charge is 0.277 e. The third-order valence-corrected chi connectivity index (χ3v) is 5.17. The SMILES string of the molecule is Cc1ccc2c(=O)n(C(C)C(O)(Cn3cncn3)c3ccc(F)cc3F)nnc2c1. The Bertz CT molecular complexity index is 1270. The lowest BCUT2D eigenvalue weighted by Crippen LogP contribution is -2.44. The summed E-state index contributed by atoms with van der Waals surface area (Å²) in [5, 5.41) is 23.9. The molecule has 1 N–H and O–H groups in total. The molecule has 10 heteroatoms. The van der Waals surface area contributed by atoms with Gasteiger partial charge >= 0.3 is 0 Å². The highest BCUT2D eigenvalue weighted by atomic mass is 19.1. The molecule has 0 aliphatic heterocycles. The van der Waals surface area contributed by atoms with Crippen molar-refractivity contribution in [2.45, 2.75) is 32.0 Å². The zero-order valence-corrected chi connectivity index (χ0v) is 16.2. The van der Waals surface area contributed by atoms with Gasteiger partial charge in [-0.15, -0.1) is 5.10 Å². The number of nitrogens with zero attached hydrogens (tertiary/aromatic N) is 6. The summed E-state index contributed by atoms with van der Waals surface area (Å²) in [5.41, 5.74) is -1.38.